The first kappa shape index (κ1) is 18.0. The molecule has 1 aromatic carbocycles. The van der Waals surface area contributed by atoms with E-state index in [4.69, 9.17) is 14.2 Å². The Labute approximate surface area is 156 Å². The van der Waals surface area contributed by atoms with Crippen molar-refractivity contribution in [2.45, 2.75) is 69.5 Å². The summed E-state index contributed by atoms with van der Waals surface area (Å²) >= 11 is 0. The molecule has 6 atom stereocenters. The summed E-state index contributed by atoms with van der Waals surface area (Å²) in [6.07, 6.45) is 5.71. The van der Waals surface area contributed by atoms with E-state index in [2.05, 4.69) is 56.4 Å². The topological polar surface area (TPSA) is 46.3 Å². The van der Waals surface area contributed by atoms with E-state index in [0.29, 0.717) is 0 Å². The van der Waals surface area contributed by atoms with Gasteiger partial charge in [-0.1, -0.05) is 29.8 Å². The van der Waals surface area contributed by atoms with Gasteiger partial charge < -0.3 is 19.5 Å². The van der Waals surface area contributed by atoms with Crippen LogP contribution in [0, 0.1) is 5.92 Å². The van der Waals surface area contributed by atoms with E-state index in [9.17, 15) is 0 Å². The van der Waals surface area contributed by atoms with Gasteiger partial charge in [0.1, 0.15) is 5.60 Å². The lowest BCUT2D eigenvalue weighted by atomic mass is 9.67. The fourth-order valence-corrected chi connectivity index (χ4v) is 4.89. The maximum Gasteiger partial charge on any atom is 0.101 e. The summed E-state index contributed by atoms with van der Waals surface area (Å²) in [5, 5.41) is 3.69. The molecule has 1 aliphatic carbocycles. The molecule has 4 nitrogen and oxygen atoms in total. The average Bonchev–Trinajstić information content (AvgIpc) is 3.53. The Kier molecular flexibility index (Phi) is 4.62. The van der Waals surface area contributed by atoms with Gasteiger partial charge in [0.05, 0.1) is 30.5 Å². The lowest BCUT2D eigenvalue weighted by Crippen LogP contribution is -2.56. The Balaban J connectivity index is 1.54. The highest BCUT2D eigenvalue weighted by Gasteiger charge is 2.71. The van der Waals surface area contributed by atoms with Crippen LogP contribution in [0.25, 0.3) is 0 Å². The van der Waals surface area contributed by atoms with Gasteiger partial charge in [-0.05, 0) is 52.2 Å². The second-order valence-electron chi connectivity index (χ2n) is 8.49. The van der Waals surface area contributed by atoms with Gasteiger partial charge in [-0.3, -0.25) is 0 Å². The zero-order valence-electron chi connectivity index (χ0n) is 16.3. The van der Waals surface area contributed by atoms with Crippen LogP contribution in [-0.4, -0.2) is 43.2 Å². The summed E-state index contributed by atoms with van der Waals surface area (Å²) in [4.78, 5) is 0. The largest absolute Gasteiger partial charge is 0.380 e. The summed E-state index contributed by atoms with van der Waals surface area (Å²) in [6, 6.07) is 10.7. The molecule has 1 N–H and O–H groups in total. The van der Waals surface area contributed by atoms with E-state index in [1.807, 2.05) is 13.2 Å². The summed E-state index contributed by atoms with van der Waals surface area (Å²) in [5.74, 6) is 0.255. The van der Waals surface area contributed by atoms with Crippen molar-refractivity contribution in [3.8, 4) is 0 Å². The van der Waals surface area contributed by atoms with Crippen LogP contribution in [0.5, 0.6) is 0 Å². The van der Waals surface area contributed by atoms with Crippen LogP contribution < -0.4 is 5.32 Å². The van der Waals surface area contributed by atoms with Crippen LogP contribution in [-0.2, 0) is 14.2 Å². The zero-order chi connectivity index (χ0) is 18.4. The number of epoxide rings is 2. The number of para-hydroxylation sites is 1. The van der Waals surface area contributed by atoms with Crippen molar-refractivity contribution in [1.82, 2.24) is 0 Å². The molecule has 3 fully saturated rings. The van der Waals surface area contributed by atoms with Crippen molar-refractivity contribution >= 4 is 5.69 Å². The predicted molar refractivity (Wildman–Crippen MR) is 103 cm³/mol. The maximum absolute atomic E-state index is 6.27. The minimum Gasteiger partial charge on any atom is -0.380 e. The van der Waals surface area contributed by atoms with Gasteiger partial charge in [-0.25, -0.2) is 0 Å². The molecule has 4 rings (SSSR count). The average molecular weight is 357 g/mol. The van der Waals surface area contributed by atoms with E-state index in [1.165, 1.54) is 5.57 Å². The molecule has 1 aromatic rings. The number of anilines is 1. The van der Waals surface area contributed by atoms with E-state index >= 15 is 0 Å². The van der Waals surface area contributed by atoms with Crippen LogP contribution >= 0.6 is 0 Å². The molecule has 2 heterocycles. The van der Waals surface area contributed by atoms with Gasteiger partial charge in [0.2, 0.25) is 0 Å². The van der Waals surface area contributed by atoms with Crippen LogP contribution in [0.15, 0.2) is 42.0 Å². The zero-order valence-corrected chi connectivity index (χ0v) is 16.3. The molecule has 2 saturated heterocycles. The standard InChI is InChI=1S/C22H31NO3/c1-15(2)10-11-18-21(3,26-18)20-19(24-4)17(12-13-22(20)14-25-22)23-16-8-6-5-7-9-16/h5-10,17-20,23H,11-14H2,1-4H3/t17-,18-,19-,20-,21+,22+/m1/s1. The van der Waals surface area contributed by atoms with Gasteiger partial charge in [-0.2, -0.15) is 0 Å². The van der Waals surface area contributed by atoms with Gasteiger partial charge >= 0.3 is 0 Å². The lowest BCUT2D eigenvalue weighted by molar-refractivity contribution is -0.0560. The number of methoxy groups -OCH3 is 1. The minimum absolute atomic E-state index is 0.0516. The van der Waals surface area contributed by atoms with Crippen molar-refractivity contribution in [1.29, 1.82) is 0 Å². The minimum atomic E-state index is -0.167. The van der Waals surface area contributed by atoms with E-state index in [-0.39, 0.29) is 35.4 Å². The number of benzene rings is 1. The monoisotopic (exact) mass is 357 g/mol. The molecule has 1 saturated carbocycles. The van der Waals surface area contributed by atoms with Crippen molar-refractivity contribution in [2.24, 2.45) is 5.92 Å². The second kappa shape index (κ2) is 6.66. The third-order valence-corrected chi connectivity index (χ3v) is 6.42. The highest BCUT2D eigenvalue weighted by molar-refractivity contribution is 5.44. The Morgan fingerprint density at radius 1 is 1.31 bits per heavy atom. The first-order valence-electron chi connectivity index (χ1n) is 9.78. The van der Waals surface area contributed by atoms with Crippen molar-refractivity contribution in [2.75, 3.05) is 19.0 Å². The summed E-state index contributed by atoms with van der Waals surface area (Å²) < 4.78 is 18.4. The van der Waals surface area contributed by atoms with Crippen LogP contribution in [0.2, 0.25) is 0 Å². The summed E-state index contributed by atoms with van der Waals surface area (Å²) in [7, 11) is 1.83. The number of rotatable bonds is 6. The first-order chi connectivity index (χ1) is 12.5. The highest BCUT2D eigenvalue weighted by Crippen LogP contribution is 2.59. The van der Waals surface area contributed by atoms with Gasteiger partial charge in [0.25, 0.3) is 0 Å². The maximum atomic E-state index is 6.27. The third-order valence-electron chi connectivity index (χ3n) is 6.42. The van der Waals surface area contributed by atoms with Crippen LogP contribution in [0.1, 0.15) is 40.0 Å². The molecule has 0 amide bonds. The second-order valence-corrected chi connectivity index (χ2v) is 8.49. The summed E-state index contributed by atoms with van der Waals surface area (Å²) in [5.41, 5.74) is 2.27. The van der Waals surface area contributed by atoms with Gasteiger partial charge in [0, 0.05) is 18.7 Å². The quantitative estimate of drug-likeness (QED) is 0.613. The van der Waals surface area contributed by atoms with E-state index < -0.39 is 0 Å². The molecule has 2 aliphatic heterocycles. The molecule has 142 valence electrons. The summed E-state index contributed by atoms with van der Waals surface area (Å²) in [6.45, 7) is 7.37. The first-order valence-corrected chi connectivity index (χ1v) is 9.78. The number of nitrogens with one attached hydrogen (secondary N) is 1. The van der Waals surface area contributed by atoms with Crippen molar-refractivity contribution in [3.05, 3.63) is 42.0 Å². The number of ether oxygens (including phenoxy) is 3. The Hall–Kier alpha value is -1.36. The molecular weight excluding hydrogens is 326 g/mol. The van der Waals surface area contributed by atoms with Crippen molar-refractivity contribution < 1.29 is 14.2 Å². The van der Waals surface area contributed by atoms with E-state index in [0.717, 1.165) is 31.6 Å². The molecule has 3 aliphatic rings. The Morgan fingerprint density at radius 3 is 2.65 bits per heavy atom. The number of hydrogen-bond donors (Lipinski definition) is 1. The SMILES string of the molecule is CO[C@@H]1[C@H](Nc2ccccc2)CC[C@]2(CO2)[C@H]1[C@@]1(C)O[C@@H]1CC=C(C)C. The normalized spacial score (nSPS) is 40.9. The van der Waals surface area contributed by atoms with Crippen LogP contribution in [0.4, 0.5) is 5.69 Å². The smallest absolute Gasteiger partial charge is 0.101 e. The fourth-order valence-electron chi connectivity index (χ4n) is 4.89. The molecule has 0 radical (unpaired) electrons. The van der Waals surface area contributed by atoms with Crippen molar-refractivity contribution in [3.63, 3.8) is 0 Å². The number of hydrogen-bond acceptors (Lipinski definition) is 4. The fraction of sp³-hybridized carbons (Fsp3) is 0.636. The highest BCUT2D eigenvalue weighted by atomic mass is 16.6. The molecule has 0 bridgehead atoms. The Morgan fingerprint density at radius 2 is 2.04 bits per heavy atom. The predicted octanol–water partition coefficient (Wildman–Crippen LogP) is 4.17. The molecule has 26 heavy (non-hydrogen) atoms. The van der Waals surface area contributed by atoms with Gasteiger partial charge in [0.15, 0.2) is 0 Å². The molecule has 0 aromatic heterocycles. The molecular formula is C22H31NO3. The third kappa shape index (κ3) is 3.19. The molecule has 1 spiro atoms. The number of allylic oxidation sites excluding steroid dienone is 1. The van der Waals surface area contributed by atoms with Gasteiger partial charge in [-0.15, -0.1) is 0 Å². The Bertz CT molecular complexity index is 665. The lowest BCUT2D eigenvalue weighted by Gasteiger charge is -2.43. The molecule has 0 unspecified atom stereocenters. The van der Waals surface area contributed by atoms with Crippen LogP contribution in [0.3, 0.4) is 0 Å². The molecule has 4 heteroatoms. The van der Waals surface area contributed by atoms with E-state index in [1.54, 1.807) is 0 Å².